The summed E-state index contributed by atoms with van der Waals surface area (Å²) in [6, 6.07) is 77.3. The van der Waals surface area contributed by atoms with Gasteiger partial charge in [-0.3, -0.25) is 0 Å². The zero-order chi connectivity index (χ0) is 50.5. The van der Waals surface area contributed by atoms with Gasteiger partial charge in [0.05, 0.1) is 17.4 Å². The van der Waals surface area contributed by atoms with E-state index in [9.17, 15) is 2.74 Å². The monoisotopic (exact) mass is 912 g/mol. The fourth-order valence-corrected chi connectivity index (χ4v) is 12.2. The molecule has 0 saturated heterocycles. The van der Waals surface area contributed by atoms with Crippen LogP contribution in [0.2, 0.25) is 0 Å². The number of fused-ring (bicyclic) bond motifs is 8. The molecule has 2 nitrogen and oxygen atoms in total. The Labute approximate surface area is 419 Å². The lowest BCUT2D eigenvalue weighted by molar-refractivity contribution is 0.661. The van der Waals surface area contributed by atoms with Crippen LogP contribution in [-0.4, -0.2) is 6.71 Å². The first kappa shape index (κ1) is 35.6. The second-order valence-electron chi connectivity index (χ2n) is 17.9. The van der Waals surface area contributed by atoms with Crippen molar-refractivity contribution in [3.8, 4) is 66.8 Å². The maximum Gasteiger partial charge on any atom is 0.249 e. The molecule has 11 aromatic carbocycles. The Balaban J connectivity index is 1.11. The highest BCUT2D eigenvalue weighted by Gasteiger charge is 2.43. The number of benzene rings is 11. The van der Waals surface area contributed by atoms with Gasteiger partial charge in [0, 0.05) is 38.2 Å². The molecule has 14 rings (SSSR count). The van der Waals surface area contributed by atoms with Crippen LogP contribution in [0.5, 0.6) is 0 Å². The Hall–Kier alpha value is -8.57. The summed E-state index contributed by atoms with van der Waals surface area (Å²) in [6.07, 6.45) is 0. The normalized spacial score (nSPS) is 13.5. The van der Waals surface area contributed by atoms with Gasteiger partial charge in [-0.05, 0) is 96.9 Å². The molecule has 0 unspecified atom stereocenters. The molecular weight excluding hydrogens is 866 g/mol. The number of hydrogen-bond donors (Lipinski definition) is 0. The smallest absolute Gasteiger partial charge is 0.249 e. The van der Waals surface area contributed by atoms with Crippen molar-refractivity contribution >= 4 is 73.9 Å². The molecule has 326 valence electrons. The second-order valence-corrected chi connectivity index (χ2v) is 19.0. The topological polar surface area (TPSA) is 16.4 Å². The van der Waals surface area contributed by atoms with Crippen LogP contribution in [0.3, 0.4) is 0 Å². The first-order valence-electron chi connectivity index (χ1n) is 26.1. The van der Waals surface area contributed by atoms with Crippen LogP contribution < -0.4 is 21.3 Å². The van der Waals surface area contributed by atoms with E-state index in [4.69, 9.17) is 8.53 Å². The number of furan rings is 1. The van der Waals surface area contributed by atoms with Crippen molar-refractivity contribution in [2.75, 3.05) is 4.90 Å². The minimum absolute atomic E-state index is 0.163. The second kappa shape index (κ2) is 16.6. The molecule has 0 radical (unpaired) electrons. The van der Waals surface area contributed by atoms with Crippen molar-refractivity contribution in [2.24, 2.45) is 0 Å². The van der Waals surface area contributed by atoms with Gasteiger partial charge >= 0.3 is 0 Å². The predicted octanol–water partition coefficient (Wildman–Crippen LogP) is 16.4. The molecule has 3 heterocycles. The zero-order valence-corrected chi connectivity index (χ0v) is 38.5. The van der Waals surface area contributed by atoms with Gasteiger partial charge < -0.3 is 9.32 Å². The van der Waals surface area contributed by atoms with Gasteiger partial charge in [0.25, 0.3) is 0 Å². The highest BCUT2D eigenvalue weighted by Crippen LogP contribution is 2.51. The maximum atomic E-state index is 9.21. The molecule has 0 spiro atoms. The number of nitrogens with zero attached hydrogens (tertiary/aromatic N) is 1. The summed E-state index contributed by atoms with van der Waals surface area (Å²) >= 11 is 1.74. The maximum absolute atomic E-state index is 9.21. The highest BCUT2D eigenvalue weighted by molar-refractivity contribution is 8.00. The standard InChI is InChI=1S/C66H42BNOS/c1-6-19-43(20-7-1)48-34-38-59-58(39-48)67-57-37-36-56-55-35-33-49(44-21-8-2-9-22-44)41-61(55)69-65(56)66(57)70-62-42-50(52-30-17-16-29-51(52)45-23-10-3-11-24-45)40-60(63(62)67)68(59)64-53(46-25-12-4-13-26-46)31-18-32-54(64)47-27-14-5-15-28-47/h1-42H/i1D,6D,7D,19D,20D. The number of para-hydroxylation sites is 1. The summed E-state index contributed by atoms with van der Waals surface area (Å²) in [5.74, 6) is 0. The minimum Gasteiger partial charge on any atom is -0.455 e. The van der Waals surface area contributed by atoms with Gasteiger partial charge in [-0.1, -0.05) is 242 Å². The molecule has 0 bridgehead atoms. The van der Waals surface area contributed by atoms with Crippen LogP contribution in [0.1, 0.15) is 6.85 Å². The molecule has 0 saturated carbocycles. The van der Waals surface area contributed by atoms with Crippen LogP contribution in [0.15, 0.2) is 269 Å². The quantitative estimate of drug-likeness (QED) is 0.148. The minimum atomic E-state index is -0.420. The molecule has 0 aliphatic carbocycles. The summed E-state index contributed by atoms with van der Waals surface area (Å²) < 4.78 is 51.5. The zero-order valence-electron chi connectivity index (χ0n) is 42.7. The van der Waals surface area contributed by atoms with E-state index >= 15 is 0 Å². The van der Waals surface area contributed by atoms with Gasteiger partial charge in [0.15, 0.2) is 0 Å². The van der Waals surface area contributed by atoms with Crippen LogP contribution >= 0.6 is 11.8 Å². The molecule has 12 aromatic rings. The molecule has 4 heteroatoms. The Morgan fingerprint density at radius 1 is 0.400 bits per heavy atom. The Morgan fingerprint density at radius 2 is 0.957 bits per heavy atom. The van der Waals surface area contributed by atoms with E-state index < -0.39 is 6.04 Å². The number of anilines is 3. The molecule has 0 N–H and O–H groups in total. The lowest BCUT2D eigenvalue weighted by Gasteiger charge is -2.42. The summed E-state index contributed by atoms with van der Waals surface area (Å²) in [5, 5.41) is 2.06. The van der Waals surface area contributed by atoms with Crippen molar-refractivity contribution in [1.29, 1.82) is 0 Å². The van der Waals surface area contributed by atoms with E-state index in [-0.39, 0.29) is 36.4 Å². The average Bonchev–Trinajstić information content (AvgIpc) is 3.89. The van der Waals surface area contributed by atoms with Gasteiger partial charge in [-0.15, -0.1) is 0 Å². The predicted molar refractivity (Wildman–Crippen MR) is 296 cm³/mol. The molecule has 0 atom stereocenters. The molecule has 2 aliphatic rings. The summed E-state index contributed by atoms with van der Waals surface area (Å²) in [7, 11) is 0. The van der Waals surface area contributed by atoms with Gasteiger partial charge in [0.2, 0.25) is 6.71 Å². The lowest BCUT2D eigenvalue weighted by atomic mass is 9.34. The number of rotatable bonds is 7. The van der Waals surface area contributed by atoms with Crippen LogP contribution in [0.4, 0.5) is 17.1 Å². The van der Waals surface area contributed by atoms with Crippen LogP contribution in [0, 0.1) is 0 Å². The van der Waals surface area contributed by atoms with E-state index in [1.165, 1.54) is 0 Å². The number of hydrogen-bond acceptors (Lipinski definition) is 3. The fourth-order valence-electron chi connectivity index (χ4n) is 10.9. The van der Waals surface area contributed by atoms with Gasteiger partial charge in [0.1, 0.15) is 11.2 Å². The summed E-state index contributed by atoms with van der Waals surface area (Å²) in [6.45, 7) is -0.359. The van der Waals surface area contributed by atoms with Crippen molar-refractivity contribution < 1.29 is 11.3 Å². The third kappa shape index (κ3) is 6.59. The van der Waals surface area contributed by atoms with E-state index in [0.29, 0.717) is 5.56 Å². The van der Waals surface area contributed by atoms with Crippen molar-refractivity contribution in [2.45, 2.75) is 9.79 Å². The summed E-state index contributed by atoms with van der Waals surface area (Å²) in [4.78, 5) is 4.53. The Bertz CT molecular complexity index is 4200. The average molecular weight is 913 g/mol. The van der Waals surface area contributed by atoms with E-state index in [2.05, 4.69) is 205 Å². The SMILES string of the molecule is [2H]c1c([2H])c([2H])c(-c2ccc3c(c2)B2c4ccc5c(oc6cc(-c7ccccc7)ccc65)c4Sc4cc(-c5ccccc5-c5ccccc5)cc(c42)N3c2c(-c3ccccc3)cccc2-c2ccccc2)c([2H])c1[2H]. The molecule has 1 aromatic heterocycles. The molecule has 0 fully saturated rings. The van der Waals surface area contributed by atoms with Crippen molar-refractivity contribution in [1.82, 2.24) is 0 Å². The molecule has 2 aliphatic heterocycles. The molecule has 0 amide bonds. The van der Waals surface area contributed by atoms with Crippen LogP contribution in [-0.2, 0) is 0 Å². The van der Waals surface area contributed by atoms with Gasteiger partial charge in [-0.25, -0.2) is 0 Å². The third-order valence-electron chi connectivity index (χ3n) is 14.0. The highest BCUT2D eigenvalue weighted by atomic mass is 32.2. The Morgan fingerprint density at radius 3 is 1.63 bits per heavy atom. The third-order valence-corrected chi connectivity index (χ3v) is 15.2. The first-order chi connectivity index (χ1) is 36.8. The van der Waals surface area contributed by atoms with E-state index in [0.717, 1.165) is 121 Å². The Kier molecular flexibility index (Phi) is 8.43. The van der Waals surface area contributed by atoms with E-state index in [1.807, 2.05) is 24.3 Å². The van der Waals surface area contributed by atoms with Crippen molar-refractivity contribution in [3.63, 3.8) is 0 Å². The van der Waals surface area contributed by atoms with E-state index in [1.54, 1.807) is 11.8 Å². The lowest BCUT2D eigenvalue weighted by Crippen LogP contribution is -2.60. The fraction of sp³-hybridized carbons (Fsp3) is 0. The largest absolute Gasteiger partial charge is 0.455 e. The van der Waals surface area contributed by atoms with Crippen molar-refractivity contribution in [3.05, 3.63) is 255 Å². The molecular formula is C66H42BNOS. The molecule has 70 heavy (non-hydrogen) atoms. The van der Waals surface area contributed by atoms with Gasteiger partial charge in [-0.2, -0.15) is 0 Å². The van der Waals surface area contributed by atoms with Crippen LogP contribution in [0.25, 0.3) is 88.7 Å². The summed E-state index contributed by atoms with van der Waals surface area (Å²) in [5.41, 5.74) is 19.2. The first-order valence-corrected chi connectivity index (χ1v) is 24.4.